The number of aromatic amines is 2. The van der Waals surface area contributed by atoms with Crippen molar-refractivity contribution in [1.29, 1.82) is 0 Å². The number of carbonyl (C=O) groups excluding carboxylic acids is 2. The van der Waals surface area contributed by atoms with Crippen molar-refractivity contribution in [3.05, 3.63) is 119 Å². The molecule has 0 radical (unpaired) electrons. The number of nitrogens with zero attached hydrogens (tertiary/aromatic N) is 5. The Bertz CT molecular complexity index is 2630. The number of imidazole rings is 2. The van der Waals surface area contributed by atoms with Gasteiger partial charge in [0.15, 0.2) is 6.04 Å². The molecule has 2 aliphatic heterocycles. The number of aromatic nitrogens is 4. The van der Waals surface area contributed by atoms with Crippen LogP contribution in [0, 0.1) is 11.8 Å². The number of H-pyrrole nitrogens is 2. The molecule has 2 saturated heterocycles. The van der Waals surface area contributed by atoms with Gasteiger partial charge < -0.3 is 34.8 Å². The molecule has 314 valence electrons. The highest BCUT2D eigenvalue weighted by atomic mass is 16.7. The van der Waals surface area contributed by atoms with E-state index in [1.54, 1.807) is 30.0 Å². The van der Waals surface area contributed by atoms with Crippen LogP contribution in [-0.4, -0.2) is 102 Å². The molecule has 2 aromatic heterocycles. The molecule has 15 nitrogen and oxygen atoms in total. The van der Waals surface area contributed by atoms with E-state index >= 15 is 0 Å². The maximum absolute atomic E-state index is 13.7. The second kappa shape index (κ2) is 17.2. The van der Waals surface area contributed by atoms with Crippen molar-refractivity contribution in [2.24, 2.45) is 0 Å². The molecule has 2 aliphatic rings. The molecule has 5 N–H and O–H groups in total. The maximum atomic E-state index is 13.7. The summed E-state index contributed by atoms with van der Waals surface area (Å²) in [5.41, 5.74) is 5.73. The van der Waals surface area contributed by atoms with Gasteiger partial charge in [0.2, 0.25) is 5.91 Å². The molecule has 6 aromatic rings. The van der Waals surface area contributed by atoms with Crippen molar-refractivity contribution in [3.8, 4) is 23.1 Å². The normalized spacial score (nSPS) is 19.2. The van der Waals surface area contributed by atoms with E-state index in [4.69, 9.17) is 14.5 Å². The zero-order valence-corrected chi connectivity index (χ0v) is 34.5. The average Bonchev–Trinajstić information content (AvgIpc) is 4.13. The monoisotopic (exact) mass is 825 g/mol. The van der Waals surface area contributed by atoms with Gasteiger partial charge in [-0.15, -0.1) is 5.01 Å². The Labute approximate surface area is 352 Å². The van der Waals surface area contributed by atoms with Crippen LogP contribution in [0.15, 0.2) is 91.1 Å². The lowest BCUT2D eigenvalue weighted by atomic mass is 10.1. The molecule has 4 heterocycles. The van der Waals surface area contributed by atoms with Gasteiger partial charge in [-0.2, -0.15) is 10.0 Å². The van der Waals surface area contributed by atoms with Gasteiger partial charge >= 0.3 is 12.2 Å². The fourth-order valence-electron chi connectivity index (χ4n) is 8.61. The topological polar surface area (TPSA) is 186 Å². The minimum atomic E-state index is -1.35. The van der Waals surface area contributed by atoms with Gasteiger partial charge in [0.05, 0.1) is 48.7 Å². The number of alkyl carbamates (subject to hydrolysis) is 1. The van der Waals surface area contributed by atoms with Crippen molar-refractivity contribution in [2.45, 2.75) is 69.8 Å². The third-order valence-corrected chi connectivity index (χ3v) is 12.1. The fraction of sp³-hybridized carbons (Fsp3) is 0.326. The minimum Gasteiger partial charge on any atom is -0.453 e. The number of quaternary nitrogens is 1. The molecule has 61 heavy (non-hydrogen) atoms. The number of hydrogen-bond donors (Lipinski definition) is 5. The highest BCUT2D eigenvalue weighted by Gasteiger charge is 2.54. The molecule has 0 aliphatic carbocycles. The minimum absolute atomic E-state index is 0.255. The Morgan fingerprint density at radius 3 is 2.34 bits per heavy atom. The largest absolute Gasteiger partial charge is 0.568 e. The lowest BCUT2D eigenvalue weighted by molar-refractivity contribution is -1.15. The van der Waals surface area contributed by atoms with E-state index in [-0.39, 0.29) is 11.9 Å². The second-order valence-corrected chi connectivity index (χ2v) is 15.6. The first kappa shape index (κ1) is 41.2. The van der Waals surface area contributed by atoms with Gasteiger partial charge in [0, 0.05) is 40.5 Å². The molecular formula is C46H49N8O7+. The van der Waals surface area contributed by atoms with Crippen molar-refractivity contribution in [1.82, 2.24) is 35.2 Å². The zero-order chi connectivity index (χ0) is 42.8. The van der Waals surface area contributed by atoms with Crippen molar-refractivity contribution in [2.75, 3.05) is 27.3 Å². The van der Waals surface area contributed by atoms with Crippen LogP contribution in [0.1, 0.15) is 86.0 Å². The van der Waals surface area contributed by atoms with E-state index in [1.165, 1.54) is 14.2 Å². The first-order valence-corrected chi connectivity index (χ1v) is 20.4. The first-order chi connectivity index (χ1) is 29.5. The van der Waals surface area contributed by atoms with Crippen LogP contribution in [0.4, 0.5) is 9.59 Å². The predicted molar refractivity (Wildman–Crippen MR) is 227 cm³/mol. The van der Waals surface area contributed by atoms with Crippen LogP contribution < -0.4 is 5.32 Å². The Morgan fingerprint density at radius 2 is 1.61 bits per heavy atom. The summed E-state index contributed by atoms with van der Waals surface area (Å²) in [6, 6.07) is 24.7. The number of methoxy groups -OCH3 is 2. The fourth-order valence-corrected chi connectivity index (χ4v) is 8.61. The lowest BCUT2D eigenvalue weighted by Crippen LogP contribution is -2.61. The van der Waals surface area contributed by atoms with E-state index in [1.807, 2.05) is 84.9 Å². The molecule has 4 aromatic carbocycles. The summed E-state index contributed by atoms with van der Waals surface area (Å²) in [4.78, 5) is 56.7. The Morgan fingerprint density at radius 1 is 0.885 bits per heavy atom. The number of rotatable bonds is 10. The molecule has 4 unspecified atom stereocenters. The summed E-state index contributed by atoms with van der Waals surface area (Å²) in [5, 5.41) is 28.2. The zero-order valence-electron chi connectivity index (χ0n) is 34.5. The number of carboxylic acid groups (broad SMARTS) is 1. The highest BCUT2D eigenvalue weighted by Crippen LogP contribution is 2.41. The number of carbonyl (C=O) groups is 3. The molecule has 0 saturated carbocycles. The summed E-state index contributed by atoms with van der Waals surface area (Å²) in [5.74, 6) is 7.59. The van der Waals surface area contributed by atoms with Gasteiger partial charge in [-0.05, 0) is 80.8 Å². The lowest BCUT2D eigenvalue weighted by Gasteiger charge is -2.38. The van der Waals surface area contributed by atoms with Gasteiger partial charge in [-0.25, -0.2) is 14.8 Å². The standard InChI is InChI=1S/C46H48N8O7/c1-28(32-10-6-5-7-11-32)54(59,46(57)58)53-25-9-13-39(53)42-47-27-37(49-42)33-19-16-30(17-20-33)14-15-31-18-22-35-34(26-31)21-23-36-41(35)50-43(48-36)38-12-8-24-52(38)44(55)40(29(2)60-3)51-45(56)61-4/h5-7,10-11,16-23,26-29,38-40,59H,8-9,12-13,24-25H2,1-4H3,(H3-,47,48,49,50,51,56,57,58)/p+1/t28?,29-,38?,39?,40+,54?/m1/s1. The van der Waals surface area contributed by atoms with Gasteiger partial charge in [0.1, 0.15) is 23.7 Å². The molecule has 8 rings (SSSR count). The summed E-state index contributed by atoms with van der Waals surface area (Å²) in [6.07, 6.45) is 2.02. The van der Waals surface area contributed by atoms with Crippen LogP contribution in [0.2, 0.25) is 0 Å². The number of benzene rings is 4. The number of amides is 3. The molecule has 15 heteroatoms. The summed E-state index contributed by atoms with van der Waals surface area (Å²) >= 11 is 0. The van der Waals surface area contributed by atoms with Gasteiger partial charge in [0.25, 0.3) is 0 Å². The van der Waals surface area contributed by atoms with Crippen LogP contribution in [-0.2, 0) is 14.3 Å². The quantitative estimate of drug-likeness (QED) is 0.0398. The maximum Gasteiger partial charge on any atom is 0.568 e. The average molecular weight is 826 g/mol. The highest BCUT2D eigenvalue weighted by molar-refractivity contribution is 6.04. The summed E-state index contributed by atoms with van der Waals surface area (Å²) in [6.45, 7) is 4.38. The first-order valence-electron chi connectivity index (χ1n) is 20.4. The van der Waals surface area contributed by atoms with Gasteiger partial charge in [-0.1, -0.05) is 66.4 Å². The number of fused-ring (bicyclic) bond motifs is 3. The third-order valence-electron chi connectivity index (χ3n) is 12.1. The number of nitrogens with one attached hydrogen (secondary N) is 3. The van der Waals surface area contributed by atoms with Crippen LogP contribution in [0.25, 0.3) is 33.1 Å². The van der Waals surface area contributed by atoms with E-state index in [9.17, 15) is 24.7 Å². The molecule has 0 spiro atoms. The van der Waals surface area contributed by atoms with E-state index < -0.39 is 41.2 Å². The van der Waals surface area contributed by atoms with Crippen molar-refractivity contribution in [3.63, 3.8) is 0 Å². The third kappa shape index (κ3) is 7.94. The predicted octanol–water partition coefficient (Wildman–Crippen LogP) is 7.63. The van der Waals surface area contributed by atoms with Crippen molar-refractivity contribution >= 4 is 39.9 Å². The summed E-state index contributed by atoms with van der Waals surface area (Å²) < 4.78 is 8.92. The Kier molecular flexibility index (Phi) is 11.6. The number of likely N-dealkylation sites (tertiary alicyclic amines) is 1. The second-order valence-electron chi connectivity index (χ2n) is 15.6. The van der Waals surface area contributed by atoms with E-state index in [0.29, 0.717) is 37.6 Å². The summed E-state index contributed by atoms with van der Waals surface area (Å²) in [7, 11) is 2.75. The Balaban J connectivity index is 0.966. The number of hydroxylamine groups is 2. The molecular weight excluding hydrogens is 777 g/mol. The SMILES string of the molecule is COC(=O)N[C@H](C(=O)N1CCCC1c1nc2c(ccc3cc(C#Cc4ccc(-c5cnc(C6CCCN6[N+](O)(C(=O)O)C(C)c6ccccc6)[nH]5)cc4)ccc32)[nH]1)[C@@H](C)OC. The smallest absolute Gasteiger partial charge is 0.453 e. The van der Waals surface area contributed by atoms with Crippen molar-refractivity contribution < 1.29 is 38.9 Å². The molecule has 2 fully saturated rings. The van der Waals surface area contributed by atoms with E-state index in [2.05, 4.69) is 32.1 Å². The van der Waals surface area contributed by atoms with Crippen LogP contribution in [0.3, 0.4) is 0 Å². The molecule has 6 atom stereocenters. The number of hydrogen-bond acceptors (Lipinski definition) is 9. The van der Waals surface area contributed by atoms with Crippen LogP contribution in [0.5, 0.6) is 0 Å². The van der Waals surface area contributed by atoms with Crippen LogP contribution >= 0.6 is 0 Å². The van der Waals surface area contributed by atoms with Gasteiger partial charge in [-0.3, -0.25) is 4.79 Å². The Hall–Kier alpha value is -6.57. The van der Waals surface area contributed by atoms with E-state index in [0.717, 1.165) is 62.6 Å². The number of ether oxygens (including phenoxy) is 2. The molecule has 0 bridgehead atoms. The molecule has 3 amide bonds.